The van der Waals surface area contributed by atoms with Crippen LogP contribution in [0.25, 0.3) is 11.0 Å². The quantitative estimate of drug-likeness (QED) is 0.709. The Hall–Kier alpha value is -2.50. The maximum atomic E-state index is 4.67. The Morgan fingerprint density at radius 3 is 2.70 bits per heavy atom. The number of anilines is 1. The van der Waals surface area contributed by atoms with Crippen LogP contribution in [0.1, 0.15) is 37.6 Å². The molecule has 6 nitrogen and oxygen atoms in total. The highest BCUT2D eigenvalue weighted by Gasteiger charge is 2.13. The number of aromatic nitrogens is 5. The smallest absolute Gasteiger partial charge is 0.163 e. The van der Waals surface area contributed by atoms with Crippen molar-refractivity contribution in [2.75, 3.05) is 11.9 Å². The van der Waals surface area contributed by atoms with E-state index in [0.29, 0.717) is 0 Å². The predicted molar refractivity (Wildman–Crippen MR) is 91.4 cm³/mol. The van der Waals surface area contributed by atoms with Crippen molar-refractivity contribution in [3.05, 3.63) is 42.1 Å². The van der Waals surface area contributed by atoms with Gasteiger partial charge in [-0.05, 0) is 30.5 Å². The van der Waals surface area contributed by atoms with Crippen LogP contribution in [-0.2, 0) is 13.5 Å². The van der Waals surface area contributed by atoms with Gasteiger partial charge >= 0.3 is 0 Å². The predicted octanol–water partition coefficient (Wildman–Crippen LogP) is 2.93. The number of rotatable bonds is 6. The Bertz CT molecular complexity index is 778. The Kier molecular flexibility index (Phi) is 4.50. The molecule has 0 fully saturated rings. The molecule has 3 aromatic heterocycles. The van der Waals surface area contributed by atoms with Gasteiger partial charge in [0, 0.05) is 31.9 Å². The molecular formula is C17H22N6. The molecule has 3 heterocycles. The summed E-state index contributed by atoms with van der Waals surface area (Å²) >= 11 is 0. The van der Waals surface area contributed by atoms with Crippen molar-refractivity contribution < 1.29 is 0 Å². The minimum Gasteiger partial charge on any atom is -0.369 e. The van der Waals surface area contributed by atoms with Crippen molar-refractivity contribution >= 4 is 16.9 Å². The Morgan fingerprint density at radius 1 is 1.17 bits per heavy atom. The molecule has 0 amide bonds. The van der Waals surface area contributed by atoms with Crippen LogP contribution in [0.15, 0.2) is 30.7 Å². The summed E-state index contributed by atoms with van der Waals surface area (Å²) in [5.74, 6) is 2.01. The summed E-state index contributed by atoms with van der Waals surface area (Å²) in [5, 5.41) is 8.72. The fourth-order valence-corrected chi connectivity index (χ4v) is 2.48. The molecule has 0 aromatic carbocycles. The van der Waals surface area contributed by atoms with E-state index < -0.39 is 0 Å². The first kappa shape index (κ1) is 15.4. The van der Waals surface area contributed by atoms with Crippen molar-refractivity contribution in [2.24, 2.45) is 7.05 Å². The van der Waals surface area contributed by atoms with Crippen LogP contribution in [0.5, 0.6) is 0 Å². The Morgan fingerprint density at radius 2 is 1.96 bits per heavy atom. The van der Waals surface area contributed by atoms with E-state index >= 15 is 0 Å². The Labute approximate surface area is 136 Å². The van der Waals surface area contributed by atoms with E-state index in [2.05, 4.69) is 51.3 Å². The molecule has 0 unspecified atom stereocenters. The SMILES string of the molecule is CC(C)c1nc(NCCCc2ccncc2)c2cnn(C)c2n1. The van der Waals surface area contributed by atoms with Gasteiger partial charge in [-0.15, -0.1) is 0 Å². The van der Waals surface area contributed by atoms with Crippen LogP contribution in [0.2, 0.25) is 0 Å². The fourth-order valence-electron chi connectivity index (χ4n) is 2.48. The van der Waals surface area contributed by atoms with Crippen LogP contribution in [0.4, 0.5) is 5.82 Å². The van der Waals surface area contributed by atoms with Crippen molar-refractivity contribution in [1.82, 2.24) is 24.7 Å². The molecule has 0 radical (unpaired) electrons. The molecule has 3 aromatic rings. The maximum Gasteiger partial charge on any atom is 0.163 e. The number of aryl methyl sites for hydroxylation is 2. The highest BCUT2D eigenvalue weighted by molar-refractivity contribution is 5.86. The second kappa shape index (κ2) is 6.73. The fraction of sp³-hybridized carbons (Fsp3) is 0.412. The van der Waals surface area contributed by atoms with Crippen molar-refractivity contribution in [3.63, 3.8) is 0 Å². The van der Waals surface area contributed by atoms with Crippen LogP contribution in [0.3, 0.4) is 0 Å². The molecule has 0 bridgehead atoms. The van der Waals surface area contributed by atoms with Crippen molar-refractivity contribution in [1.29, 1.82) is 0 Å². The lowest BCUT2D eigenvalue weighted by Gasteiger charge is -2.10. The van der Waals surface area contributed by atoms with Gasteiger partial charge in [0.05, 0.1) is 11.6 Å². The molecule has 6 heteroatoms. The summed E-state index contributed by atoms with van der Waals surface area (Å²) in [6.07, 6.45) is 7.55. The molecule has 23 heavy (non-hydrogen) atoms. The van der Waals surface area contributed by atoms with E-state index in [1.54, 1.807) is 4.68 Å². The largest absolute Gasteiger partial charge is 0.369 e. The van der Waals surface area contributed by atoms with Crippen molar-refractivity contribution in [3.8, 4) is 0 Å². The average Bonchev–Trinajstić information content (AvgIpc) is 2.94. The average molecular weight is 310 g/mol. The molecule has 0 saturated carbocycles. The third-order valence-electron chi connectivity index (χ3n) is 3.81. The third kappa shape index (κ3) is 3.47. The molecule has 0 aliphatic heterocycles. The lowest BCUT2D eigenvalue weighted by atomic mass is 10.1. The van der Waals surface area contributed by atoms with Gasteiger partial charge in [0.25, 0.3) is 0 Å². The van der Waals surface area contributed by atoms with E-state index in [0.717, 1.165) is 42.1 Å². The highest BCUT2D eigenvalue weighted by Crippen LogP contribution is 2.22. The molecule has 0 aliphatic rings. The van der Waals surface area contributed by atoms with E-state index in [9.17, 15) is 0 Å². The van der Waals surface area contributed by atoms with Gasteiger partial charge in [0.2, 0.25) is 0 Å². The molecule has 0 saturated heterocycles. The topological polar surface area (TPSA) is 68.5 Å². The number of hydrogen-bond acceptors (Lipinski definition) is 5. The third-order valence-corrected chi connectivity index (χ3v) is 3.81. The number of hydrogen-bond donors (Lipinski definition) is 1. The summed E-state index contributed by atoms with van der Waals surface area (Å²) in [7, 11) is 1.91. The molecule has 1 N–H and O–H groups in total. The summed E-state index contributed by atoms with van der Waals surface area (Å²) < 4.78 is 1.80. The monoisotopic (exact) mass is 310 g/mol. The summed E-state index contributed by atoms with van der Waals surface area (Å²) in [6.45, 7) is 5.07. The first-order valence-electron chi connectivity index (χ1n) is 7.97. The summed E-state index contributed by atoms with van der Waals surface area (Å²) in [4.78, 5) is 13.3. The zero-order chi connectivity index (χ0) is 16.2. The lowest BCUT2D eigenvalue weighted by molar-refractivity contribution is 0.751. The lowest BCUT2D eigenvalue weighted by Crippen LogP contribution is -2.09. The van der Waals surface area contributed by atoms with E-state index in [-0.39, 0.29) is 5.92 Å². The van der Waals surface area contributed by atoms with Gasteiger partial charge in [0.1, 0.15) is 11.6 Å². The zero-order valence-corrected chi connectivity index (χ0v) is 13.8. The van der Waals surface area contributed by atoms with Crippen LogP contribution in [-0.4, -0.2) is 31.3 Å². The standard InChI is InChI=1S/C17H22N6/c1-12(2)15-21-16(14-11-20-23(3)17(14)22-15)19-8-4-5-13-6-9-18-10-7-13/h6-7,9-12H,4-5,8H2,1-3H3,(H,19,21,22). The second-order valence-electron chi connectivity index (χ2n) is 5.98. The van der Waals surface area contributed by atoms with Gasteiger partial charge in [-0.1, -0.05) is 13.8 Å². The second-order valence-corrected chi connectivity index (χ2v) is 5.98. The minimum atomic E-state index is 0.284. The molecule has 120 valence electrons. The number of nitrogens with zero attached hydrogens (tertiary/aromatic N) is 5. The summed E-state index contributed by atoms with van der Waals surface area (Å²) in [5.41, 5.74) is 2.18. The zero-order valence-electron chi connectivity index (χ0n) is 13.8. The molecular weight excluding hydrogens is 288 g/mol. The molecule has 0 spiro atoms. The van der Waals surface area contributed by atoms with Crippen molar-refractivity contribution in [2.45, 2.75) is 32.6 Å². The van der Waals surface area contributed by atoms with E-state index in [4.69, 9.17) is 0 Å². The maximum absolute atomic E-state index is 4.67. The van der Waals surface area contributed by atoms with Gasteiger partial charge < -0.3 is 5.32 Å². The van der Waals surface area contributed by atoms with E-state index in [1.165, 1.54) is 5.56 Å². The normalized spacial score (nSPS) is 11.3. The van der Waals surface area contributed by atoms with Gasteiger partial charge in [-0.25, -0.2) is 9.97 Å². The molecule has 3 rings (SSSR count). The number of fused-ring (bicyclic) bond motifs is 1. The Balaban J connectivity index is 1.71. The molecule has 0 atom stereocenters. The summed E-state index contributed by atoms with van der Waals surface area (Å²) in [6, 6.07) is 4.11. The molecule has 0 aliphatic carbocycles. The van der Waals surface area contributed by atoms with Gasteiger partial charge in [-0.2, -0.15) is 5.10 Å². The van der Waals surface area contributed by atoms with Gasteiger partial charge in [-0.3, -0.25) is 9.67 Å². The van der Waals surface area contributed by atoms with Crippen LogP contribution >= 0.6 is 0 Å². The number of pyridine rings is 1. The van der Waals surface area contributed by atoms with E-state index in [1.807, 2.05) is 25.6 Å². The first-order valence-corrected chi connectivity index (χ1v) is 7.97. The van der Waals surface area contributed by atoms with Gasteiger partial charge in [0.15, 0.2) is 5.65 Å². The highest BCUT2D eigenvalue weighted by atomic mass is 15.3. The minimum absolute atomic E-state index is 0.284. The van der Waals surface area contributed by atoms with Crippen LogP contribution < -0.4 is 5.32 Å². The first-order chi connectivity index (χ1) is 11.1. The number of nitrogens with one attached hydrogen (secondary N) is 1. The van der Waals surface area contributed by atoms with Crippen LogP contribution in [0, 0.1) is 0 Å².